The molecular weight excluding hydrogens is 350 g/mol. The second-order valence-corrected chi connectivity index (χ2v) is 6.93. The fourth-order valence-corrected chi connectivity index (χ4v) is 3.40. The minimum absolute atomic E-state index is 1.04. The monoisotopic (exact) mass is 361 g/mol. The smallest absolute Gasteiger partial charge is 0.124 e. The van der Waals surface area contributed by atoms with Gasteiger partial charge in [0.15, 0.2) is 0 Å². The summed E-state index contributed by atoms with van der Waals surface area (Å²) in [6.45, 7) is 0. The zero-order chi connectivity index (χ0) is 13.9. The molecule has 1 nitrogen and oxygen atoms in total. The molecule has 0 radical (unpaired) electrons. The molecule has 0 spiro atoms. The topological polar surface area (TPSA) is 12.9 Å². The fourth-order valence-electron chi connectivity index (χ4n) is 1.89. The summed E-state index contributed by atoms with van der Waals surface area (Å²) in [4.78, 5) is 6.01. The minimum Gasteiger partial charge on any atom is -0.236 e. The van der Waals surface area contributed by atoms with Crippen molar-refractivity contribution in [2.75, 3.05) is 6.26 Å². The van der Waals surface area contributed by atoms with Gasteiger partial charge in [0.25, 0.3) is 0 Å². The Balaban J connectivity index is 1.91. The van der Waals surface area contributed by atoms with Crippen molar-refractivity contribution in [1.82, 2.24) is 4.98 Å². The molecular formula is C16H12BrNS2. The fraction of sp³-hybridized carbons (Fsp3) is 0.0625. The van der Waals surface area contributed by atoms with Crippen LogP contribution in [0.1, 0.15) is 0 Å². The molecule has 0 atom stereocenters. The van der Waals surface area contributed by atoms with Crippen LogP contribution in [0.2, 0.25) is 0 Å². The SMILES string of the molecule is CSc1ccc(-c2csc(-c3ccc(Br)cc3)n2)cc1. The van der Waals surface area contributed by atoms with Crippen LogP contribution in [0, 0.1) is 0 Å². The number of halogens is 1. The number of aromatic nitrogens is 1. The van der Waals surface area contributed by atoms with Crippen molar-refractivity contribution in [3.05, 3.63) is 58.4 Å². The second kappa shape index (κ2) is 6.12. The summed E-state index contributed by atoms with van der Waals surface area (Å²) < 4.78 is 1.09. The van der Waals surface area contributed by atoms with Crippen molar-refractivity contribution in [3.8, 4) is 21.8 Å². The third-order valence-electron chi connectivity index (χ3n) is 2.98. The van der Waals surface area contributed by atoms with Crippen LogP contribution < -0.4 is 0 Å². The van der Waals surface area contributed by atoms with E-state index in [1.54, 1.807) is 23.1 Å². The average Bonchev–Trinajstić information content (AvgIpc) is 2.98. The first-order valence-corrected chi connectivity index (χ1v) is 9.02. The zero-order valence-electron chi connectivity index (χ0n) is 10.8. The molecule has 3 aromatic rings. The van der Waals surface area contributed by atoms with E-state index in [2.05, 4.69) is 64.0 Å². The lowest BCUT2D eigenvalue weighted by Crippen LogP contribution is -1.80. The summed E-state index contributed by atoms with van der Waals surface area (Å²) in [5, 5.41) is 3.17. The minimum atomic E-state index is 1.04. The Hall–Kier alpha value is -1.10. The van der Waals surface area contributed by atoms with Crippen LogP contribution in [0.4, 0.5) is 0 Å². The van der Waals surface area contributed by atoms with Gasteiger partial charge < -0.3 is 0 Å². The lowest BCUT2D eigenvalue weighted by molar-refractivity contribution is 1.38. The normalized spacial score (nSPS) is 10.7. The Morgan fingerprint density at radius 2 is 1.60 bits per heavy atom. The number of hydrogen-bond donors (Lipinski definition) is 0. The summed E-state index contributed by atoms with van der Waals surface area (Å²) in [5.41, 5.74) is 3.37. The van der Waals surface area contributed by atoms with Gasteiger partial charge in [0.05, 0.1) is 5.69 Å². The number of rotatable bonds is 3. The Labute approximate surface area is 135 Å². The van der Waals surface area contributed by atoms with Crippen LogP contribution in [0.25, 0.3) is 21.8 Å². The van der Waals surface area contributed by atoms with Crippen LogP contribution in [-0.2, 0) is 0 Å². The van der Waals surface area contributed by atoms with Gasteiger partial charge in [-0.2, -0.15) is 0 Å². The van der Waals surface area contributed by atoms with E-state index in [0.717, 1.165) is 20.7 Å². The van der Waals surface area contributed by atoms with E-state index in [-0.39, 0.29) is 0 Å². The molecule has 0 N–H and O–H groups in total. The van der Waals surface area contributed by atoms with E-state index in [1.165, 1.54) is 10.5 Å². The quantitative estimate of drug-likeness (QED) is 0.533. The molecule has 0 aliphatic rings. The third kappa shape index (κ3) is 2.97. The standard InChI is InChI=1S/C16H12BrNS2/c1-19-14-8-4-11(5-9-14)15-10-20-16(18-15)12-2-6-13(17)7-3-12/h2-10H,1H3. The second-order valence-electron chi connectivity index (χ2n) is 4.27. The molecule has 0 saturated carbocycles. The largest absolute Gasteiger partial charge is 0.236 e. The molecule has 20 heavy (non-hydrogen) atoms. The van der Waals surface area contributed by atoms with Crippen LogP contribution in [-0.4, -0.2) is 11.2 Å². The molecule has 4 heteroatoms. The highest BCUT2D eigenvalue weighted by Gasteiger charge is 2.06. The van der Waals surface area contributed by atoms with Crippen molar-refractivity contribution < 1.29 is 0 Å². The highest BCUT2D eigenvalue weighted by Crippen LogP contribution is 2.30. The Kier molecular flexibility index (Phi) is 4.24. The lowest BCUT2D eigenvalue weighted by atomic mass is 10.2. The molecule has 100 valence electrons. The third-order valence-corrected chi connectivity index (χ3v) is 5.14. The molecule has 3 rings (SSSR count). The van der Waals surface area contributed by atoms with Crippen LogP contribution in [0.15, 0.2) is 63.3 Å². The number of nitrogens with zero attached hydrogens (tertiary/aromatic N) is 1. The molecule has 0 amide bonds. The number of thioether (sulfide) groups is 1. The first-order valence-electron chi connectivity index (χ1n) is 6.12. The Bertz CT molecular complexity index is 702. The highest BCUT2D eigenvalue weighted by atomic mass is 79.9. The molecule has 2 aromatic carbocycles. The van der Waals surface area contributed by atoms with E-state index in [9.17, 15) is 0 Å². The first-order chi connectivity index (χ1) is 9.76. The zero-order valence-corrected chi connectivity index (χ0v) is 14.1. The van der Waals surface area contributed by atoms with Gasteiger partial charge in [-0.15, -0.1) is 23.1 Å². The van der Waals surface area contributed by atoms with Gasteiger partial charge in [0.2, 0.25) is 0 Å². The van der Waals surface area contributed by atoms with Crippen molar-refractivity contribution >= 4 is 39.0 Å². The van der Waals surface area contributed by atoms with Crippen LogP contribution >= 0.6 is 39.0 Å². The molecule has 0 unspecified atom stereocenters. The summed E-state index contributed by atoms with van der Waals surface area (Å²) in [5.74, 6) is 0. The molecule has 0 aliphatic carbocycles. The number of benzene rings is 2. The van der Waals surface area contributed by atoms with Gasteiger partial charge in [0.1, 0.15) is 5.01 Å². The van der Waals surface area contributed by atoms with Gasteiger partial charge in [-0.05, 0) is 30.5 Å². The van der Waals surface area contributed by atoms with Gasteiger partial charge in [-0.25, -0.2) is 4.98 Å². The van der Waals surface area contributed by atoms with Gasteiger partial charge >= 0.3 is 0 Å². The van der Waals surface area contributed by atoms with Crippen LogP contribution in [0.5, 0.6) is 0 Å². The summed E-state index contributed by atoms with van der Waals surface area (Å²) in [6, 6.07) is 16.8. The molecule has 1 aromatic heterocycles. The molecule has 0 fully saturated rings. The molecule has 1 heterocycles. The summed E-state index contributed by atoms with van der Waals surface area (Å²) >= 11 is 6.89. The maximum Gasteiger partial charge on any atom is 0.124 e. The van der Waals surface area contributed by atoms with Crippen molar-refractivity contribution in [3.63, 3.8) is 0 Å². The maximum atomic E-state index is 4.73. The number of hydrogen-bond acceptors (Lipinski definition) is 3. The van der Waals surface area contributed by atoms with E-state index in [1.807, 2.05) is 12.1 Å². The molecule has 0 aliphatic heterocycles. The first kappa shape index (κ1) is 13.9. The Morgan fingerprint density at radius 3 is 2.25 bits per heavy atom. The highest BCUT2D eigenvalue weighted by molar-refractivity contribution is 9.10. The lowest BCUT2D eigenvalue weighted by Gasteiger charge is -1.99. The maximum absolute atomic E-state index is 4.73. The van der Waals surface area contributed by atoms with Crippen LogP contribution in [0.3, 0.4) is 0 Å². The van der Waals surface area contributed by atoms with Gasteiger partial charge in [-0.3, -0.25) is 0 Å². The predicted molar refractivity (Wildman–Crippen MR) is 92.5 cm³/mol. The van der Waals surface area contributed by atoms with E-state index >= 15 is 0 Å². The van der Waals surface area contributed by atoms with Crippen molar-refractivity contribution in [2.45, 2.75) is 4.90 Å². The van der Waals surface area contributed by atoms with Gasteiger partial charge in [0, 0.05) is 25.9 Å². The van der Waals surface area contributed by atoms with Gasteiger partial charge in [-0.1, -0.05) is 40.2 Å². The van der Waals surface area contributed by atoms with E-state index < -0.39 is 0 Å². The molecule has 0 saturated heterocycles. The average molecular weight is 362 g/mol. The van der Waals surface area contributed by atoms with E-state index in [0.29, 0.717) is 0 Å². The van der Waals surface area contributed by atoms with Crippen molar-refractivity contribution in [1.29, 1.82) is 0 Å². The number of thiazole rings is 1. The summed E-state index contributed by atoms with van der Waals surface area (Å²) in [7, 11) is 0. The molecule has 0 bridgehead atoms. The predicted octanol–water partition coefficient (Wildman–Crippen LogP) is 5.96. The van der Waals surface area contributed by atoms with E-state index in [4.69, 9.17) is 4.98 Å². The summed E-state index contributed by atoms with van der Waals surface area (Å²) in [6.07, 6.45) is 2.09. The Morgan fingerprint density at radius 1 is 0.950 bits per heavy atom. The van der Waals surface area contributed by atoms with Crippen molar-refractivity contribution in [2.24, 2.45) is 0 Å².